The van der Waals surface area contributed by atoms with Crippen LogP contribution in [0, 0.1) is 19.3 Å². The van der Waals surface area contributed by atoms with E-state index in [9.17, 15) is 9.59 Å². The van der Waals surface area contributed by atoms with Gasteiger partial charge in [-0.25, -0.2) is 4.79 Å². The number of rotatable bonds is 5. The summed E-state index contributed by atoms with van der Waals surface area (Å²) in [6.07, 6.45) is 0.631. The minimum absolute atomic E-state index is 0.172. The first-order valence-electron chi connectivity index (χ1n) is 6.50. The van der Waals surface area contributed by atoms with Crippen LogP contribution in [0.3, 0.4) is 0 Å². The summed E-state index contributed by atoms with van der Waals surface area (Å²) in [6.45, 7) is 7.73. The second-order valence-electron chi connectivity index (χ2n) is 5.05. The van der Waals surface area contributed by atoms with Gasteiger partial charge in [0, 0.05) is 11.4 Å². The van der Waals surface area contributed by atoms with E-state index in [1.165, 1.54) is 18.4 Å². The van der Waals surface area contributed by atoms with Gasteiger partial charge in [-0.05, 0) is 32.8 Å². The third-order valence-electron chi connectivity index (χ3n) is 3.78. The number of aryl methyl sites for hydroxylation is 1. The Kier molecular flexibility index (Phi) is 5.30. The van der Waals surface area contributed by atoms with E-state index < -0.39 is 11.4 Å². The normalized spacial score (nSPS) is 13.7. The van der Waals surface area contributed by atoms with Gasteiger partial charge in [0.2, 0.25) is 5.91 Å². The largest absolute Gasteiger partial charge is 0.465 e. The highest BCUT2D eigenvalue weighted by molar-refractivity contribution is 7.16. The molecular weight excluding hydrogens is 276 g/mol. The Balaban J connectivity index is 3.13. The number of nitrogens with two attached hydrogens (primary N) is 1. The fraction of sp³-hybridized carbons (Fsp3) is 0.571. The monoisotopic (exact) mass is 298 g/mol. The molecule has 0 aliphatic carbocycles. The molecule has 3 N–H and O–H groups in total. The Labute approximate surface area is 123 Å². The standard InChI is InChI=1S/C14H22N2O3S/c1-6-14(4,7-15)13(18)16-11-10(12(17)19-5)8(2)9(3)20-11/h6-7,15H2,1-5H3,(H,16,18). The van der Waals surface area contributed by atoms with Gasteiger partial charge in [-0.15, -0.1) is 11.3 Å². The van der Waals surface area contributed by atoms with Crippen LogP contribution in [0.15, 0.2) is 0 Å². The van der Waals surface area contributed by atoms with E-state index >= 15 is 0 Å². The molecule has 6 heteroatoms. The van der Waals surface area contributed by atoms with E-state index in [1.54, 1.807) is 0 Å². The molecule has 0 saturated heterocycles. The van der Waals surface area contributed by atoms with Gasteiger partial charge in [0.05, 0.1) is 18.1 Å². The van der Waals surface area contributed by atoms with Crippen molar-refractivity contribution in [1.29, 1.82) is 0 Å². The SMILES string of the molecule is CCC(C)(CN)C(=O)Nc1sc(C)c(C)c1C(=O)OC. The molecule has 1 heterocycles. The van der Waals surface area contributed by atoms with E-state index in [1.807, 2.05) is 27.7 Å². The minimum atomic E-state index is -0.640. The number of anilines is 1. The van der Waals surface area contributed by atoms with Crippen molar-refractivity contribution < 1.29 is 14.3 Å². The third kappa shape index (κ3) is 3.02. The van der Waals surface area contributed by atoms with Gasteiger partial charge in [-0.3, -0.25) is 4.79 Å². The quantitative estimate of drug-likeness (QED) is 0.818. The zero-order valence-corrected chi connectivity index (χ0v) is 13.4. The summed E-state index contributed by atoms with van der Waals surface area (Å²) >= 11 is 1.38. The van der Waals surface area contributed by atoms with Crippen LogP contribution in [0.5, 0.6) is 0 Å². The summed E-state index contributed by atoms with van der Waals surface area (Å²) in [5.41, 5.74) is 6.31. The maximum absolute atomic E-state index is 12.3. The highest BCUT2D eigenvalue weighted by Gasteiger charge is 2.31. The molecule has 1 atom stereocenters. The predicted molar refractivity (Wildman–Crippen MR) is 81.2 cm³/mol. The van der Waals surface area contributed by atoms with Crippen LogP contribution in [-0.2, 0) is 9.53 Å². The molecule has 112 valence electrons. The van der Waals surface area contributed by atoms with Crippen LogP contribution in [0.2, 0.25) is 0 Å². The number of methoxy groups -OCH3 is 1. The summed E-state index contributed by atoms with van der Waals surface area (Å²) in [7, 11) is 1.33. The number of ether oxygens (including phenoxy) is 1. The van der Waals surface area contributed by atoms with E-state index in [-0.39, 0.29) is 12.5 Å². The first kappa shape index (κ1) is 16.7. The molecule has 1 rings (SSSR count). The van der Waals surface area contributed by atoms with Gasteiger partial charge in [0.15, 0.2) is 0 Å². The Morgan fingerprint density at radius 2 is 2.00 bits per heavy atom. The lowest BCUT2D eigenvalue weighted by molar-refractivity contribution is -0.124. The molecule has 1 aromatic rings. The van der Waals surface area contributed by atoms with Crippen LogP contribution in [0.4, 0.5) is 5.00 Å². The Hall–Kier alpha value is -1.40. The lowest BCUT2D eigenvalue weighted by atomic mass is 9.87. The zero-order chi connectivity index (χ0) is 15.5. The van der Waals surface area contributed by atoms with Crippen molar-refractivity contribution in [2.45, 2.75) is 34.1 Å². The summed E-state index contributed by atoms with van der Waals surface area (Å²) in [5, 5.41) is 3.36. The summed E-state index contributed by atoms with van der Waals surface area (Å²) in [5.74, 6) is -0.609. The maximum Gasteiger partial charge on any atom is 0.341 e. The molecule has 0 bridgehead atoms. The fourth-order valence-corrected chi connectivity index (χ4v) is 2.76. The Morgan fingerprint density at radius 1 is 1.40 bits per heavy atom. The van der Waals surface area contributed by atoms with Crippen LogP contribution in [0.25, 0.3) is 0 Å². The second-order valence-corrected chi connectivity index (χ2v) is 6.28. The van der Waals surface area contributed by atoms with Gasteiger partial charge in [0.25, 0.3) is 0 Å². The molecule has 20 heavy (non-hydrogen) atoms. The van der Waals surface area contributed by atoms with Crippen molar-refractivity contribution in [3.63, 3.8) is 0 Å². The molecule has 5 nitrogen and oxygen atoms in total. The first-order chi connectivity index (χ1) is 9.30. The molecule has 0 spiro atoms. The van der Waals surface area contributed by atoms with E-state index in [2.05, 4.69) is 5.32 Å². The van der Waals surface area contributed by atoms with Gasteiger partial charge < -0.3 is 15.8 Å². The van der Waals surface area contributed by atoms with Crippen molar-refractivity contribution in [1.82, 2.24) is 0 Å². The molecule has 0 aromatic carbocycles. The van der Waals surface area contributed by atoms with E-state index in [0.717, 1.165) is 10.4 Å². The minimum Gasteiger partial charge on any atom is -0.465 e. The van der Waals surface area contributed by atoms with Crippen LogP contribution < -0.4 is 11.1 Å². The number of esters is 1. The zero-order valence-electron chi connectivity index (χ0n) is 12.6. The lowest BCUT2D eigenvalue weighted by Gasteiger charge is -2.24. The molecule has 0 aliphatic rings. The molecule has 1 aromatic heterocycles. The number of nitrogens with one attached hydrogen (secondary N) is 1. The first-order valence-corrected chi connectivity index (χ1v) is 7.32. The van der Waals surface area contributed by atoms with Crippen molar-refractivity contribution in [3.05, 3.63) is 16.0 Å². The Bertz CT molecular complexity index is 519. The lowest BCUT2D eigenvalue weighted by Crippen LogP contribution is -2.39. The average molecular weight is 298 g/mol. The molecule has 1 amide bonds. The molecule has 0 saturated carbocycles. The predicted octanol–water partition coefficient (Wildman–Crippen LogP) is 2.47. The molecular formula is C14H22N2O3S. The summed E-state index contributed by atoms with van der Waals surface area (Å²) < 4.78 is 4.78. The molecule has 0 aliphatic heterocycles. The van der Waals surface area contributed by atoms with Crippen LogP contribution >= 0.6 is 11.3 Å². The second kappa shape index (κ2) is 6.37. The van der Waals surface area contributed by atoms with Crippen molar-refractivity contribution in [2.24, 2.45) is 11.1 Å². The molecule has 1 unspecified atom stereocenters. The van der Waals surface area contributed by atoms with Gasteiger partial charge in [-0.1, -0.05) is 6.92 Å². The average Bonchev–Trinajstić information content (AvgIpc) is 2.72. The van der Waals surface area contributed by atoms with Crippen LogP contribution in [0.1, 0.15) is 41.1 Å². The van der Waals surface area contributed by atoms with Crippen LogP contribution in [-0.4, -0.2) is 25.5 Å². The third-order valence-corrected chi connectivity index (χ3v) is 4.90. The smallest absolute Gasteiger partial charge is 0.341 e. The summed E-state index contributed by atoms with van der Waals surface area (Å²) in [6, 6.07) is 0. The number of thiophene rings is 1. The molecule has 0 radical (unpaired) electrons. The van der Waals surface area contributed by atoms with Crippen molar-refractivity contribution in [3.8, 4) is 0 Å². The van der Waals surface area contributed by atoms with Crippen molar-refractivity contribution >= 4 is 28.2 Å². The highest BCUT2D eigenvalue weighted by Crippen LogP contribution is 2.34. The number of amides is 1. The Morgan fingerprint density at radius 3 is 2.45 bits per heavy atom. The number of hydrogen-bond acceptors (Lipinski definition) is 5. The maximum atomic E-state index is 12.3. The van der Waals surface area contributed by atoms with Gasteiger partial charge >= 0.3 is 5.97 Å². The van der Waals surface area contributed by atoms with E-state index in [4.69, 9.17) is 10.5 Å². The van der Waals surface area contributed by atoms with Crippen molar-refractivity contribution in [2.75, 3.05) is 19.0 Å². The number of hydrogen-bond donors (Lipinski definition) is 2. The number of carbonyl (C=O) groups excluding carboxylic acids is 2. The number of carbonyl (C=O) groups is 2. The summed E-state index contributed by atoms with van der Waals surface area (Å²) in [4.78, 5) is 25.2. The fourth-order valence-electron chi connectivity index (χ4n) is 1.71. The molecule has 0 fully saturated rings. The van der Waals surface area contributed by atoms with Gasteiger partial charge in [0.1, 0.15) is 5.00 Å². The topological polar surface area (TPSA) is 81.4 Å². The van der Waals surface area contributed by atoms with E-state index in [0.29, 0.717) is 17.0 Å². The highest BCUT2D eigenvalue weighted by atomic mass is 32.1. The van der Waals surface area contributed by atoms with Gasteiger partial charge in [-0.2, -0.15) is 0 Å².